The maximum atomic E-state index is 6.06. The van der Waals surface area contributed by atoms with Crippen LogP contribution < -0.4 is 0 Å². The van der Waals surface area contributed by atoms with Gasteiger partial charge in [0.2, 0.25) is 0 Å². The van der Waals surface area contributed by atoms with Crippen LogP contribution in [0.5, 0.6) is 0 Å². The first-order valence-electron chi connectivity index (χ1n) is 6.40. The molecule has 0 aliphatic carbocycles. The lowest BCUT2D eigenvalue weighted by atomic mass is 9.86. The van der Waals surface area contributed by atoms with Gasteiger partial charge in [0.15, 0.2) is 0 Å². The van der Waals surface area contributed by atoms with Crippen molar-refractivity contribution < 1.29 is 4.74 Å². The minimum atomic E-state index is 0.438. The first-order chi connectivity index (χ1) is 8.31. The van der Waals surface area contributed by atoms with Crippen LogP contribution in [0, 0.1) is 5.92 Å². The molecule has 92 valence electrons. The molecule has 0 unspecified atom stereocenters. The molecular weight excluding hydrogens is 234 g/mol. The van der Waals surface area contributed by atoms with E-state index in [1.807, 2.05) is 24.3 Å². The predicted octanol–water partition coefficient (Wildman–Crippen LogP) is 2.95. The summed E-state index contributed by atoms with van der Waals surface area (Å²) in [7, 11) is 0. The molecule has 17 heavy (non-hydrogen) atoms. The SMILES string of the molecule is Clc1ccc(CO[C@H]2CN3CCC2CC3)cc1. The third-order valence-corrected chi connectivity index (χ3v) is 4.23. The van der Waals surface area contributed by atoms with Gasteiger partial charge < -0.3 is 9.64 Å². The predicted molar refractivity (Wildman–Crippen MR) is 69.2 cm³/mol. The summed E-state index contributed by atoms with van der Waals surface area (Å²) < 4.78 is 6.06. The molecule has 0 radical (unpaired) electrons. The van der Waals surface area contributed by atoms with Crippen LogP contribution >= 0.6 is 11.6 Å². The molecule has 3 aliphatic heterocycles. The lowest BCUT2D eigenvalue weighted by Crippen LogP contribution is -2.51. The number of ether oxygens (including phenoxy) is 1. The normalized spacial score (nSPS) is 31.7. The quantitative estimate of drug-likeness (QED) is 0.819. The van der Waals surface area contributed by atoms with Crippen LogP contribution in [0.1, 0.15) is 18.4 Å². The molecule has 0 N–H and O–H groups in total. The average molecular weight is 252 g/mol. The van der Waals surface area contributed by atoms with Gasteiger partial charge in [0.1, 0.15) is 0 Å². The van der Waals surface area contributed by atoms with Crippen molar-refractivity contribution in [2.45, 2.75) is 25.6 Å². The van der Waals surface area contributed by atoms with Crippen LogP contribution in [0.4, 0.5) is 0 Å². The van der Waals surface area contributed by atoms with E-state index in [9.17, 15) is 0 Å². The molecule has 3 aliphatic rings. The van der Waals surface area contributed by atoms with E-state index in [1.54, 1.807) is 0 Å². The first-order valence-corrected chi connectivity index (χ1v) is 6.77. The molecule has 0 spiro atoms. The summed E-state index contributed by atoms with van der Waals surface area (Å²) >= 11 is 5.86. The van der Waals surface area contributed by atoms with Gasteiger partial charge in [0, 0.05) is 11.6 Å². The Hall–Kier alpha value is -0.570. The summed E-state index contributed by atoms with van der Waals surface area (Å²) in [5.74, 6) is 0.785. The number of hydrogen-bond acceptors (Lipinski definition) is 2. The van der Waals surface area contributed by atoms with E-state index < -0.39 is 0 Å². The molecule has 3 fully saturated rings. The van der Waals surface area contributed by atoms with Gasteiger partial charge in [-0.05, 0) is 49.5 Å². The van der Waals surface area contributed by atoms with Gasteiger partial charge in [-0.3, -0.25) is 0 Å². The van der Waals surface area contributed by atoms with Crippen LogP contribution in [0.15, 0.2) is 24.3 Å². The fraction of sp³-hybridized carbons (Fsp3) is 0.571. The van der Waals surface area contributed by atoms with Gasteiger partial charge in [-0.25, -0.2) is 0 Å². The maximum Gasteiger partial charge on any atom is 0.0735 e. The summed E-state index contributed by atoms with van der Waals surface area (Å²) in [6.45, 7) is 4.38. The highest BCUT2D eigenvalue weighted by Crippen LogP contribution is 2.30. The monoisotopic (exact) mass is 251 g/mol. The Kier molecular flexibility index (Phi) is 3.37. The minimum absolute atomic E-state index is 0.438. The summed E-state index contributed by atoms with van der Waals surface area (Å²) in [6, 6.07) is 7.95. The summed E-state index contributed by atoms with van der Waals surface area (Å²) in [4.78, 5) is 2.52. The molecule has 4 rings (SSSR count). The Balaban J connectivity index is 1.56. The molecule has 3 heterocycles. The molecular formula is C14H18ClNO. The highest BCUT2D eigenvalue weighted by atomic mass is 35.5. The highest BCUT2D eigenvalue weighted by molar-refractivity contribution is 6.30. The number of nitrogens with zero attached hydrogens (tertiary/aromatic N) is 1. The number of piperidine rings is 3. The van der Waals surface area contributed by atoms with Crippen molar-refractivity contribution in [1.82, 2.24) is 4.90 Å². The van der Waals surface area contributed by atoms with Gasteiger partial charge in [-0.15, -0.1) is 0 Å². The van der Waals surface area contributed by atoms with Crippen LogP contribution in [0.3, 0.4) is 0 Å². The van der Waals surface area contributed by atoms with Crippen molar-refractivity contribution >= 4 is 11.6 Å². The molecule has 2 bridgehead atoms. The highest BCUT2D eigenvalue weighted by Gasteiger charge is 2.34. The molecule has 1 aromatic carbocycles. The topological polar surface area (TPSA) is 12.5 Å². The number of rotatable bonds is 3. The Labute approximate surface area is 108 Å². The minimum Gasteiger partial charge on any atom is -0.372 e. The van der Waals surface area contributed by atoms with Crippen molar-refractivity contribution in [2.75, 3.05) is 19.6 Å². The van der Waals surface area contributed by atoms with E-state index in [4.69, 9.17) is 16.3 Å². The zero-order valence-electron chi connectivity index (χ0n) is 9.94. The van der Waals surface area contributed by atoms with Crippen LogP contribution in [0.2, 0.25) is 5.02 Å². The summed E-state index contributed by atoms with van der Waals surface area (Å²) in [5.41, 5.74) is 1.21. The van der Waals surface area contributed by atoms with E-state index in [0.717, 1.165) is 17.5 Å². The molecule has 1 aromatic rings. The lowest BCUT2D eigenvalue weighted by Gasteiger charge is -2.44. The summed E-state index contributed by atoms with van der Waals surface area (Å²) in [5, 5.41) is 0.789. The van der Waals surface area contributed by atoms with E-state index in [-0.39, 0.29) is 0 Å². The van der Waals surface area contributed by atoms with Crippen molar-refractivity contribution in [2.24, 2.45) is 5.92 Å². The van der Waals surface area contributed by atoms with Crippen molar-refractivity contribution in [3.8, 4) is 0 Å². The fourth-order valence-electron chi connectivity index (χ4n) is 2.88. The van der Waals surface area contributed by atoms with Gasteiger partial charge in [-0.1, -0.05) is 23.7 Å². The molecule has 3 heteroatoms. The van der Waals surface area contributed by atoms with E-state index >= 15 is 0 Å². The second kappa shape index (κ2) is 4.97. The van der Waals surface area contributed by atoms with Crippen molar-refractivity contribution in [3.63, 3.8) is 0 Å². The van der Waals surface area contributed by atoms with Gasteiger partial charge in [0.05, 0.1) is 12.7 Å². The van der Waals surface area contributed by atoms with Crippen LogP contribution in [0.25, 0.3) is 0 Å². The van der Waals surface area contributed by atoms with Gasteiger partial charge in [-0.2, -0.15) is 0 Å². The third-order valence-electron chi connectivity index (χ3n) is 3.97. The molecule has 2 nitrogen and oxygen atoms in total. The second-order valence-electron chi connectivity index (χ2n) is 5.11. The van der Waals surface area contributed by atoms with Gasteiger partial charge in [0.25, 0.3) is 0 Å². The molecule has 3 saturated heterocycles. The van der Waals surface area contributed by atoms with Crippen molar-refractivity contribution in [1.29, 1.82) is 0 Å². The summed E-state index contributed by atoms with van der Waals surface area (Å²) in [6.07, 6.45) is 3.06. The Bertz CT molecular complexity index is 370. The first kappa shape index (κ1) is 11.5. The van der Waals surface area contributed by atoms with Gasteiger partial charge >= 0.3 is 0 Å². The lowest BCUT2D eigenvalue weighted by molar-refractivity contribution is -0.0765. The largest absolute Gasteiger partial charge is 0.372 e. The molecule has 0 saturated carbocycles. The molecule has 0 aromatic heterocycles. The van der Waals surface area contributed by atoms with E-state index in [1.165, 1.54) is 31.5 Å². The standard InChI is InChI=1S/C14H18ClNO/c15-13-3-1-11(2-4-13)10-17-14-9-16-7-5-12(14)6-8-16/h1-4,12,14H,5-10H2/t14-/m0/s1. The average Bonchev–Trinajstić information content (AvgIpc) is 2.39. The van der Waals surface area contributed by atoms with Crippen LogP contribution in [-0.2, 0) is 11.3 Å². The molecule has 0 amide bonds. The Morgan fingerprint density at radius 2 is 1.88 bits per heavy atom. The number of fused-ring (bicyclic) bond motifs is 3. The van der Waals surface area contributed by atoms with E-state index in [0.29, 0.717) is 12.7 Å². The third kappa shape index (κ3) is 2.65. The Morgan fingerprint density at radius 3 is 2.47 bits per heavy atom. The Morgan fingerprint density at radius 1 is 1.18 bits per heavy atom. The second-order valence-corrected chi connectivity index (χ2v) is 5.55. The number of halogens is 1. The molecule has 1 atom stereocenters. The smallest absolute Gasteiger partial charge is 0.0735 e. The van der Waals surface area contributed by atoms with Crippen molar-refractivity contribution in [3.05, 3.63) is 34.9 Å². The van der Waals surface area contributed by atoms with E-state index in [2.05, 4.69) is 4.90 Å². The fourth-order valence-corrected chi connectivity index (χ4v) is 3.01. The zero-order chi connectivity index (χ0) is 11.7. The maximum absolute atomic E-state index is 6.06. The number of benzene rings is 1. The zero-order valence-corrected chi connectivity index (χ0v) is 10.7. The number of hydrogen-bond donors (Lipinski definition) is 0. The van der Waals surface area contributed by atoms with Crippen LogP contribution in [-0.4, -0.2) is 30.6 Å².